The monoisotopic (exact) mass is 349 g/mol. The molecule has 2 aliphatic rings. The van der Waals surface area contributed by atoms with E-state index in [0.717, 1.165) is 36.6 Å². The second-order valence-corrected chi connectivity index (χ2v) is 6.77. The van der Waals surface area contributed by atoms with Crippen molar-refractivity contribution in [2.45, 2.75) is 37.8 Å². The van der Waals surface area contributed by atoms with E-state index in [9.17, 15) is 18.0 Å². The van der Waals surface area contributed by atoms with Crippen molar-refractivity contribution in [1.82, 2.24) is 9.78 Å². The molecular weight excluding hydrogens is 331 g/mol. The minimum atomic E-state index is -4.40. The maximum absolute atomic E-state index is 13.2. The molecule has 0 spiro atoms. The molecule has 0 radical (unpaired) electrons. The highest BCUT2D eigenvalue weighted by Gasteiger charge is 2.48. The summed E-state index contributed by atoms with van der Waals surface area (Å²) in [5, 5.41) is 7.29. The van der Waals surface area contributed by atoms with Crippen LogP contribution >= 0.6 is 0 Å². The number of hydrogen-bond donors (Lipinski definition) is 1. The van der Waals surface area contributed by atoms with Crippen LogP contribution in [0.1, 0.15) is 41.1 Å². The summed E-state index contributed by atoms with van der Waals surface area (Å²) >= 11 is 0. The van der Waals surface area contributed by atoms with E-state index in [2.05, 4.69) is 10.4 Å². The van der Waals surface area contributed by atoms with Gasteiger partial charge >= 0.3 is 6.18 Å². The van der Waals surface area contributed by atoms with E-state index < -0.39 is 17.7 Å². The summed E-state index contributed by atoms with van der Waals surface area (Å²) < 4.78 is 41.1. The molecule has 1 amide bonds. The van der Waals surface area contributed by atoms with E-state index in [4.69, 9.17) is 0 Å². The van der Waals surface area contributed by atoms with Crippen molar-refractivity contribution in [3.05, 3.63) is 46.6 Å². The van der Waals surface area contributed by atoms with Gasteiger partial charge in [-0.2, -0.15) is 18.3 Å². The summed E-state index contributed by atoms with van der Waals surface area (Å²) in [5.41, 5.74) is 1.64. The molecule has 4 nitrogen and oxygen atoms in total. The van der Waals surface area contributed by atoms with Crippen LogP contribution in [0.25, 0.3) is 0 Å². The predicted molar refractivity (Wildman–Crippen MR) is 86.2 cm³/mol. The molecule has 1 saturated carbocycles. The topological polar surface area (TPSA) is 46.9 Å². The SMILES string of the molecule is Cn1nc2c(c1NC(=O)[C@@H]1C[C@H]1c1ccccc1C(F)(F)F)CCC2. The Morgan fingerprint density at radius 1 is 1.28 bits per heavy atom. The molecule has 7 heteroatoms. The molecule has 1 aromatic carbocycles. The number of amides is 1. The van der Waals surface area contributed by atoms with Crippen LogP contribution in [0.3, 0.4) is 0 Å². The maximum Gasteiger partial charge on any atom is 0.416 e. The van der Waals surface area contributed by atoms with Crippen molar-refractivity contribution in [3.8, 4) is 0 Å². The molecule has 4 rings (SSSR count). The van der Waals surface area contributed by atoms with E-state index in [-0.39, 0.29) is 17.4 Å². The fourth-order valence-electron chi connectivity index (χ4n) is 3.79. The highest BCUT2D eigenvalue weighted by Crippen LogP contribution is 2.51. The third-order valence-electron chi connectivity index (χ3n) is 5.10. The maximum atomic E-state index is 13.2. The number of benzene rings is 1. The molecule has 0 saturated heterocycles. The molecule has 2 atom stereocenters. The average Bonchev–Trinajstić information content (AvgIpc) is 3.15. The summed E-state index contributed by atoms with van der Waals surface area (Å²) in [6.07, 6.45) is -1.15. The third kappa shape index (κ3) is 2.81. The normalized spacial score (nSPS) is 21.9. The van der Waals surface area contributed by atoms with Crippen LogP contribution in [0.2, 0.25) is 0 Å². The number of fused-ring (bicyclic) bond motifs is 1. The summed E-state index contributed by atoms with van der Waals surface area (Å²) in [4.78, 5) is 12.5. The Balaban J connectivity index is 1.52. The van der Waals surface area contributed by atoms with Gasteiger partial charge in [0.1, 0.15) is 5.82 Å². The lowest BCUT2D eigenvalue weighted by molar-refractivity contribution is -0.138. The molecule has 0 bridgehead atoms. The lowest BCUT2D eigenvalue weighted by Gasteiger charge is -2.12. The number of halogens is 3. The first-order valence-electron chi connectivity index (χ1n) is 8.38. The van der Waals surface area contributed by atoms with Crippen LogP contribution in [0.15, 0.2) is 24.3 Å². The van der Waals surface area contributed by atoms with Crippen LogP contribution in [-0.4, -0.2) is 15.7 Å². The number of anilines is 1. The number of nitrogens with zero attached hydrogens (tertiary/aromatic N) is 2. The number of alkyl halides is 3. The van der Waals surface area contributed by atoms with Gasteiger partial charge in [0.15, 0.2) is 0 Å². The second-order valence-electron chi connectivity index (χ2n) is 6.77. The lowest BCUT2D eigenvalue weighted by Crippen LogP contribution is -2.18. The predicted octanol–water partition coefficient (Wildman–Crippen LogP) is 3.67. The quantitative estimate of drug-likeness (QED) is 0.919. The molecule has 1 aromatic heterocycles. The molecular formula is C18H18F3N3O. The minimum absolute atomic E-state index is 0.213. The summed E-state index contributed by atoms with van der Waals surface area (Å²) in [5.74, 6) is -0.332. The number of carbonyl (C=O) groups excluding carboxylic acids is 1. The average molecular weight is 349 g/mol. The summed E-state index contributed by atoms with van der Waals surface area (Å²) in [6, 6.07) is 5.52. The molecule has 2 aromatic rings. The molecule has 25 heavy (non-hydrogen) atoms. The first-order valence-corrected chi connectivity index (χ1v) is 8.38. The fourth-order valence-corrected chi connectivity index (χ4v) is 3.79. The number of nitrogens with one attached hydrogen (secondary N) is 1. The van der Waals surface area contributed by atoms with Crippen LogP contribution in [-0.2, 0) is 30.9 Å². The molecule has 1 heterocycles. The number of aromatic nitrogens is 2. The standard InChI is InChI=1S/C18H18F3N3O/c1-24-16(11-6-4-8-15(11)23-24)22-17(25)13-9-12(13)10-5-2-3-7-14(10)18(19,20)21/h2-3,5,7,12-13H,4,6,8-9H2,1H3,(H,22,25)/t12-,13+/m0/s1. The van der Waals surface area contributed by atoms with Gasteiger partial charge in [0.05, 0.1) is 11.3 Å². The second kappa shape index (κ2) is 5.61. The van der Waals surface area contributed by atoms with E-state index >= 15 is 0 Å². The Morgan fingerprint density at radius 2 is 2.04 bits per heavy atom. The van der Waals surface area contributed by atoms with Gasteiger partial charge in [-0.05, 0) is 43.2 Å². The van der Waals surface area contributed by atoms with Gasteiger partial charge in [-0.25, -0.2) is 0 Å². The van der Waals surface area contributed by atoms with Gasteiger partial charge in [0.2, 0.25) is 5.91 Å². The van der Waals surface area contributed by atoms with Crippen LogP contribution < -0.4 is 5.32 Å². The van der Waals surface area contributed by atoms with Crippen molar-refractivity contribution in [1.29, 1.82) is 0 Å². The van der Waals surface area contributed by atoms with Gasteiger partial charge < -0.3 is 5.32 Å². The van der Waals surface area contributed by atoms with E-state index in [1.54, 1.807) is 17.8 Å². The molecule has 132 valence electrons. The van der Waals surface area contributed by atoms with Crippen LogP contribution in [0.4, 0.5) is 19.0 Å². The van der Waals surface area contributed by atoms with Crippen LogP contribution in [0, 0.1) is 5.92 Å². The Labute approximate surface area is 143 Å². The largest absolute Gasteiger partial charge is 0.416 e. The fraction of sp³-hybridized carbons (Fsp3) is 0.444. The first kappa shape index (κ1) is 16.2. The zero-order valence-corrected chi connectivity index (χ0v) is 13.7. The number of aryl methyl sites for hydroxylation is 2. The summed E-state index contributed by atoms with van der Waals surface area (Å²) in [6.45, 7) is 0. The molecule has 0 unspecified atom stereocenters. The van der Waals surface area contributed by atoms with E-state index in [1.807, 2.05) is 0 Å². The Kier molecular flexibility index (Phi) is 3.63. The number of hydrogen-bond acceptors (Lipinski definition) is 2. The molecule has 1 N–H and O–H groups in total. The van der Waals surface area contributed by atoms with Crippen molar-refractivity contribution in [3.63, 3.8) is 0 Å². The lowest BCUT2D eigenvalue weighted by atomic mass is 10.0. The smallest absolute Gasteiger partial charge is 0.310 e. The Bertz CT molecular complexity index is 841. The van der Waals surface area contributed by atoms with Crippen molar-refractivity contribution in [2.24, 2.45) is 13.0 Å². The highest BCUT2D eigenvalue weighted by atomic mass is 19.4. The number of rotatable bonds is 3. The highest BCUT2D eigenvalue weighted by molar-refractivity contribution is 5.95. The van der Waals surface area contributed by atoms with Gasteiger partial charge in [-0.1, -0.05) is 18.2 Å². The zero-order chi connectivity index (χ0) is 17.8. The van der Waals surface area contributed by atoms with Gasteiger partial charge in [-0.3, -0.25) is 9.48 Å². The number of carbonyl (C=O) groups is 1. The van der Waals surface area contributed by atoms with Crippen molar-refractivity contribution < 1.29 is 18.0 Å². The van der Waals surface area contributed by atoms with Gasteiger partial charge in [-0.15, -0.1) is 0 Å². The van der Waals surface area contributed by atoms with Gasteiger partial charge in [0, 0.05) is 18.5 Å². The molecule has 2 aliphatic carbocycles. The van der Waals surface area contributed by atoms with Gasteiger partial charge in [0.25, 0.3) is 0 Å². The zero-order valence-electron chi connectivity index (χ0n) is 13.7. The minimum Gasteiger partial charge on any atom is -0.310 e. The third-order valence-corrected chi connectivity index (χ3v) is 5.10. The van der Waals surface area contributed by atoms with E-state index in [1.165, 1.54) is 12.1 Å². The van der Waals surface area contributed by atoms with Crippen molar-refractivity contribution in [2.75, 3.05) is 5.32 Å². The first-order chi connectivity index (χ1) is 11.9. The molecule has 1 fully saturated rings. The summed E-state index contributed by atoms with van der Waals surface area (Å²) in [7, 11) is 1.78. The Hall–Kier alpha value is -2.31. The van der Waals surface area contributed by atoms with Crippen LogP contribution in [0.5, 0.6) is 0 Å². The molecule has 0 aliphatic heterocycles. The Morgan fingerprint density at radius 3 is 2.80 bits per heavy atom. The van der Waals surface area contributed by atoms with E-state index in [0.29, 0.717) is 12.2 Å². The van der Waals surface area contributed by atoms with Crippen molar-refractivity contribution >= 4 is 11.7 Å².